The Morgan fingerprint density at radius 1 is 1.33 bits per heavy atom. The lowest BCUT2D eigenvalue weighted by atomic mass is 10.2. The summed E-state index contributed by atoms with van der Waals surface area (Å²) in [5.41, 5.74) is -0.588. The van der Waals surface area contributed by atoms with E-state index in [2.05, 4.69) is 15.6 Å². The van der Waals surface area contributed by atoms with Gasteiger partial charge in [-0.05, 0) is 26.1 Å². The van der Waals surface area contributed by atoms with E-state index >= 15 is 0 Å². The van der Waals surface area contributed by atoms with E-state index in [-0.39, 0.29) is 18.5 Å². The lowest BCUT2D eigenvalue weighted by molar-refractivity contribution is -0.121. The summed E-state index contributed by atoms with van der Waals surface area (Å²) in [6.45, 7) is 2.04. The standard InChI is InChI=1S/C14H18N4O3/c1-9(15-2)7-16-12(19)8-18-13(20)10-5-3-4-6-11(10)17-14(18)21/h3-6,9,15H,7-8H2,1-2H3,(H,16,19)(H,17,21). The molecule has 0 spiro atoms. The smallest absolute Gasteiger partial charge is 0.329 e. The van der Waals surface area contributed by atoms with Gasteiger partial charge in [-0.3, -0.25) is 14.2 Å². The molecule has 3 N–H and O–H groups in total. The molecule has 1 aromatic carbocycles. The van der Waals surface area contributed by atoms with Gasteiger partial charge in [-0.2, -0.15) is 0 Å². The molecule has 1 aromatic heterocycles. The second-order valence-corrected chi connectivity index (χ2v) is 4.86. The molecule has 0 saturated heterocycles. The van der Waals surface area contributed by atoms with Gasteiger partial charge < -0.3 is 15.6 Å². The van der Waals surface area contributed by atoms with E-state index in [1.165, 1.54) is 0 Å². The van der Waals surface area contributed by atoms with Gasteiger partial charge in [0.1, 0.15) is 6.54 Å². The number of nitrogens with zero attached hydrogens (tertiary/aromatic N) is 1. The summed E-state index contributed by atoms with van der Waals surface area (Å²) in [5, 5.41) is 6.03. The molecule has 2 aromatic rings. The van der Waals surface area contributed by atoms with E-state index in [1.807, 2.05) is 6.92 Å². The zero-order chi connectivity index (χ0) is 15.4. The van der Waals surface area contributed by atoms with E-state index in [1.54, 1.807) is 31.3 Å². The van der Waals surface area contributed by atoms with Crippen molar-refractivity contribution < 1.29 is 4.79 Å². The van der Waals surface area contributed by atoms with Crippen LogP contribution in [0.15, 0.2) is 33.9 Å². The minimum Gasteiger partial charge on any atom is -0.353 e. The van der Waals surface area contributed by atoms with Crippen molar-refractivity contribution in [3.63, 3.8) is 0 Å². The van der Waals surface area contributed by atoms with Gasteiger partial charge in [0.2, 0.25) is 5.91 Å². The molecule has 7 heteroatoms. The van der Waals surface area contributed by atoms with Crippen LogP contribution < -0.4 is 21.9 Å². The van der Waals surface area contributed by atoms with E-state index in [0.29, 0.717) is 17.4 Å². The minimum absolute atomic E-state index is 0.112. The van der Waals surface area contributed by atoms with Crippen molar-refractivity contribution >= 4 is 16.8 Å². The number of carbonyl (C=O) groups excluding carboxylic acids is 1. The van der Waals surface area contributed by atoms with Crippen LogP contribution in [-0.2, 0) is 11.3 Å². The van der Waals surface area contributed by atoms with Gasteiger partial charge in [0.05, 0.1) is 10.9 Å². The van der Waals surface area contributed by atoms with Gasteiger partial charge in [0.15, 0.2) is 0 Å². The third-order valence-corrected chi connectivity index (χ3v) is 3.29. The average molecular weight is 290 g/mol. The van der Waals surface area contributed by atoms with Crippen LogP contribution in [0.1, 0.15) is 6.92 Å². The molecule has 1 unspecified atom stereocenters. The lowest BCUT2D eigenvalue weighted by Crippen LogP contribution is -2.43. The molecule has 7 nitrogen and oxygen atoms in total. The normalized spacial score (nSPS) is 12.3. The number of hydrogen-bond donors (Lipinski definition) is 3. The molecule has 0 bridgehead atoms. The summed E-state index contributed by atoms with van der Waals surface area (Å²) in [4.78, 5) is 38.5. The molecule has 1 heterocycles. The van der Waals surface area contributed by atoms with Crippen LogP contribution in [0.4, 0.5) is 0 Å². The molecular weight excluding hydrogens is 272 g/mol. The van der Waals surface area contributed by atoms with Crippen molar-refractivity contribution in [2.75, 3.05) is 13.6 Å². The van der Waals surface area contributed by atoms with Gasteiger partial charge in [-0.15, -0.1) is 0 Å². The maximum absolute atomic E-state index is 12.2. The molecule has 0 saturated carbocycles. The Balaban J connectivity index is 2.25. The minimum atomic E-state index is -0.587. The fraction of sp³-hybridized carbons (Fsp3) is 0.357. The molecule has 0 aliphatic heterocycles. The van der Waals surface area contributed by atoms with E-state index < -0.39 is 11.2 Å². The van der Waals surface area contributed by atoms with Gasteiger partial charge in [0, 0.05) is 12.6 Å². The van der Waals surface area contributed by atoms with Crippen LogP contribution in [0.25, 0.3) is 10.9 Å². The SMILES string of the molecule is CNC(C)CNC(=O)Cn1c(=O)[nH]c2ccccc2c1=O. The molecule has 2 rings (SSSR count). The number of nitrogens with one attached hydrogen (secondary N) is 3. The van der Waals surface area contributed by atoms with Gasteiger partial charge in [-0.25, -0.2) is 4.79 Å². The Kier molecular flexibility index (Phi) is 4.54. The number of aromatic amines is 1. The van der Waals surface area contributed by atoms with Gasteiger partial charge in [0.25, 0.3) is 5.56 Å². The molecule has 0 aliphatic rings. The number of para-hydroxylation sites is 1. The quantitative estimate of drug-likeness (QED) is 0.686. The second-order valence-electron chi connectivity index (χ2n) is 4.86. The summed E-state index contributed by atoms with van der Waals surface area (Å²) in [5.74, 6) is -0.375. The largest absolute Gasteiger partial charge is 0.353 e. The second kappa shape index (κ2) is 6.36. The van der Waals surface area contributed by atoms with Crippen molar-refractivity contribution in [3.8, 4) is 0 Å². The summed E-state index contributed by atoms with van der Waals surface area (Å²) in [6, 6.07) is 6.82. The van der Waals surface area contributed by atoms with Gasteiger partial charge >= 0.3 is 5.69 Å². The average Bonchev–Trinajstić information content (AvgIpc) is 2.49. The molecule has 1 atom stereocenters. The van der Waals surface area contributed by atoms with Crippen LogP contribution in [-0.4, -0.2) is 35.1 Å². The molecular formula is C14H18N4O3. The third kappa shape index (κ3) is 3.38. The molecule has 0 aliphatic carbocycles. The highest BCUT2D eigenvalue weighted by Gasteiger charge is 2.11. The first-order chi connectivity index (χ1) is 10.0. The Labute approximate surface area is 121 Å². The molecule has 1 amide bonds. The Morgan fingerprint density at radius 2 is 2.05 bits per heavy atom. The number of benzene rings is 1. The number of hydrogen-bond acceptors (Lipinski definition) is 4. The summed E-state index contributed by atoms with van der Waals surface area (Å²) in [7, 11) is 1.79. The van der Waals surface area contributed by atoms with Gasteiger partial charge in [-0.1, -0.05) is 12.1 Å². The molecule has 21 heavy (non-hydrogen) atoms. The topological polar surface area (TPSA) is 96.0 Å². The number of likely N-dealkylation sites (N-methyl/N-ethyl adjacent to an activating group) is 1. The van der Waals surface area contributed by atoms with Crippen LogP contribution in [0.5, 0.6) is 0 Å². The number of fused-ring (bicyclic) bond motifs is 1. The van der Waals surface area contributed by atoms with Crippen LogP contribution >= 0.6 is 0 Å². The number of aromatic nitrogens is 2. The van der Waals surface area contributed by atoms with Crippen LogP contribution in [0.2, 0.25) is 0 Å². The van der Waals surface area contributed by atoms with Crippen molar-refractivity contribution in [2.45, 2.75) is 19.5 Å². The number of amides is 1. The predicted molar refractivity (Wildman–Crippen MR) is 80.4 cm³/mol. The summed E-state index contributed by atoms with van der Waals surface area (Å²) < 4.78 is 0.904. The summed E-state index contributed by atoms with van der Waals surface area (Å²) in [6.07, 6.45) is 0. The van der Waals surface area contributed by atoms with E-state index in [9.17, 15) is 14.4 Å². The van der Waals surface area contributed by atoms with Crippen LogP contribution in [0.3, 0.4) is 0 Å². The third-order valence-electron chi connectivity index (χ3n) is 3.29. The summed E-state index contributed by atoms with van der Waals surface area (Å²) >= 11 is 0. The Hall–Kier alpha value is -2.41. The highest BCUT2D eigenvalue weighted by Crippen LogP contribution is 2.02. The number of H-pyrrole nitrogens is 1. The molecule has 0 radical (unpaired) electrons. The number of carbonyl (C=O) groups is 1. The monoisotopic (exact) mass is 290 g/mol. The molecule has 112 valence electrons. The Morgan fingerprint density at radius 3 is 2.76 bits per heavy atom. The fourth-order valence-electron chi connectivity index (χ4n) is 1.91. The Bertz CT molecular complexity index is 763. The molecule has 0 fully saturated rings. The first-order valence-corrected chi connectivity index (χ1v) is 6.68. The van der Waals surface area contributed by atoms with Crippen LogP contribution in [0, 0.1) is 0 Å². The highest BCUT2D eigenvalue weighted by molar-refractivity contribution is 5.78. The first kappa shape index (κ1) is 15.0. The zero-order valence-electron chi connectivity index (χ0n) is 12.0. The van der Waals surface area contributed by atoms with Crippen molar-refractivity contribution in [1.82, 2.24) is 20.2 Å². The van der Waals surface area contributed by atoms with E-state index in [0.717, 1.165) is 4.57 Å². The van der Waals surface area contributed by atoms with Crippen molar-refractivity contribution in [3.05, 3.63) is 45.1 Å². The maximum atomic E-state index is 12.2. The number of rotatable bonds is 5. The lowest BCUT2D eigenvalue weighted by Gasteiger charge is -2.12. The maximum Gasteiger partial charge on any atom is 0.329 e. The zero-order valence-corrected chi connectivity index (χ0v) is 12.0. The fourth-order valence-corrected chi connectivity index (χ4v) is 1.91. The van der Waals surface area contributed by atoms with E-state index in [4.69, 9.17) is 0 Å². The van der Waals surface area contributed by atoms with Crippen molar-refractivity contribution in [1.29, 1.82) is 0 Å². The van der Waals surface area contributed by atoms with Crippen molar-refractivity contribution in [2.24, 2.45) is 0 Å². The highest BCUT2D eigenvalue weighted by atomic mass is 16.2. The predicted octanol–water partition coefficient (Wildman–Crippen LogP) is -0.586. The first-order valence-electron chi connectivity index (χ1n) is 6.68.